The van der Waals surface area contributed by atoms with E-state index < -0.39 is 0 Å². The molecule has 0 aromatic carbocycles. The highest BCUT2D eigenvalue weighted by Crippen LogP contribution is 2.28. The van der Waals surface area contributed by atoms with Crippen LogP contribution in [0, 0.1) is 5.92 Å². The van der Waals surface area contributed by atoms with Crippen molar-refractivity contribution in [3.05, 3.63) is 11.7 Å². The first-order chi connectivity index (χ1) is 11.0. The molecular formula is C16H29N5O2. The van der Waals surface area contributed by atoms with Crippen LogP contribution in [0.5, 0.6) is 0 Å². The summed E-state index contributed by atoms with van der Waals surface area (Å²) in [6.07, 6.45) is 3.63. The summed E-state index contributed by atoms with van der Waals surface area (Å²) in [7, 11) is 1.75. The number of aliphatic imine (C=N–C) groups is 1. The largest absolute Gasteiger partial charge is 0.381 e. The normalized spacial score (nSPS) is 15.7. The second-order valence-electron chi connectivity index (χ2n) is 6.99. The molecule has 1 heterocycles. The second-order valence-corrected chi connectivity index (χ2v) is 6.99. The van der Waals surface area contributed by atoms with Gasteiger partial charge in [0.05, 0.1) is 6.54 Å². The Morgan fingerprint density at radius 1 is 1.35 bits per heavy atom. The van der Waals surface area contributed by atoms with Gasteiger partial charge in [-0.05, 0) is 25.2 Å². The van der Waals surface area contributed by atoms with Crippen LogP contribution in [0.2, 0.25) is 0 Å². The lowest BCUT2D eigenvalue weighted by molar-refractivity contribution is 0.123. The Balaban J connectivity index is 1.61. The molecule has 0 spiro atoms. The van der Waals surface area contributed by atoms with Crippen molar-refractivity contribution in [2.75, 3.05) is 26.8 Å². The van der Waals surface area contributed by atoms with Gasteiger partial charge in [0.25, 0.3) is 0 Å². The number of nitrogens with zero attached hydrogens (tertiary/aromatic N) is 3. The minimum absolute atomic E-state index is 0.133. The van der Waals surface area contributed by atoms with Crippen LogP contribution in [0.25, 0.3) is 0 Å². The summed E-state index contributed by atoms with van der Waals surface area (Å²) in [4.78, 5) is 8.57. The average molecular weight is 323 g/mol. The monoisotopic (exact) mass is 323 g/mol. The number of ether oxygens (including phenoxy) is 1. The van der Waals surface area contributed by atoms with Gasteiger partial charge in [0, 0.05) is 32.2 Å². The van der Waals surface area contributed by atoms with Gasteiger partial charge in [0.1, 0.15) is 0 Å². The van der Waals surface area contributed by atoms with E-state index in [0.29, 0.717) is 18.3 Å². The van der Waals surface area contributed by atoms with Crippen LogP contribution < -0.4 is 10.6 Å². The molecule has 1 saturated carbocycles. The molecule has 7 heteroatoms. The van der Waals surface area contributed by atoms with E-state index in [2.05, 4.69) is 25.8 Å². The Bertz CT molecular complexity index is 503. The summed E-state index contributed by atoms with van der Waals surface area (Å²) in [5, 5.41) is 10.4. The highest BCUT2D eigenvalue weighted by atomic mass is 16.5. The zero-order chi connectivity index (χ0) is 16.7. The molecule has 2 rings (SSSR count). The lowest BCUT2D eigenvalue weighted by Gasteiger charge is -2.11. The van der Waals surface area contributed by atoms with Crippen LogP contribution in [0.15, 0.2) is 9.52 Å². The second kappa shape index (κ2) is 8.29. The number of hydrogen-bond acceptors (Lipinski definition) is 5. The van der Waals surface area contributed by atoms with Crippen molar-refractivity contribution in [3.8, 4) is 0 Å². The van der Waals surface area contributed by atoms with E-state index in [-0.39, 0.29) is 5.41 Å². The first-order valence-corrected chi connectivity index (χ1v) is 8.34. The summed E-state index contributed by atoms with van der Waals surface area (Å²) in [5.74, 6) is 2.83. The molecule has 0 saturated heterocycles. The molecule has 1 aliphatic rings. The molecule has 130 valence electrons. The zero-order valence-electron chi connectivity index (χ0n) is 14.7. The maximum atomic E-state index is 5.60. The van der Waals surface area contributed by atoms with E-state index in [4.69, 9.17) is 9.26 Å². The van der Waals surface area contributed by atoms with Crippen molar-refractivity contribution in [2.45, 2.75) is 52.0 Å². The van der Waals surface area contributed by atoms with E-state index in [1.165, 1.54) is 12.8 Å². The molecule has 0 amide bonds. The number of aromatic nitrogens is 2. The third kappa shape index (κ3) is 6.56. The van der Waals surface area contributed by atoms with E-state index in [9.17, 15) is 0 Å². The van der Waals surface area contributed by atoms with Crippen LogP contribution in [0.1, 0.15) is 51.7 Å². The Kier molecular flexibility index (Phi) is 6.38. The van der Waals surface area contributed by atoms with Crippen LogP contribution in [0.3, 0.4) is 0 Å². The van der Waals surface area contributed by atoms with Crippen molar-refractivity contribution in [2.24, 2.45) is 10.9 Å². The summed E-state index contributed by atoms with van der Waals surface area (Å²) in [6.45, 7) is 9.15. The molecular weight excluding hydrogens is 294 g/mol. The molecule has 7 nitrogen and oxygen atoms in total. The molecule has 1 aromatic rings. The lowest BCUT2D eigenvalue weighted by Crippen LogP contribution is -2.37. The zero-order valence-corrected chi connectivity index (χ0v) is 14.7. The summed E-state index contributed by atoms with van der Waals surface area (Å²) >= 11 is 0. The summed E-state index contributed by atoms with van der Waals surface area (Å²) in [5.41, 5.74) is -0.133. The first-order valence-electron chi connectivity index (χ1n) is 8.34. The van der Waals surface area contributed by atoms with Crippen molar-refractivity contribution in [1.82, 2.24) is 20.8 Å². The fourth-order valence-corrected chi connectivity index (χ4v) is 1.93. The van der Waals surface area contributed by atoms with Gasteiger partial charge in [-0.15, -0.1) is 0 Å². The number of rotatable bonds is 8. The van der Waals surface area contributed by atoms with Crippen molar-refractivity contribution in [3.63, 3.8) is 0 Å². The Morgan fingerprint density at radius 3 is 2.74 bits per heavy atom. The molecule has 1 fully saturated rings. The predicted octanol–water partition coefficient (Wildman–Crippen LogP) is 1.85. The van der Waals surface area contributed by atoms with Crippen molar-refractivity contribution >= 4 is 5.96 Å². The average Bonchev–Trinajstić information content (AvgIpc) is 3.19. The number of guanidine groups is 1. The van der Waals surface area contributed by atoms with Crippen LogP contribution >= 0.6 is 0 Å². The third-order valence-electron chi connectivity index (χ3n) is 3.56. The van der Waals surface area contributed by atoms with Gasteiger partial charge in [-0.1, -0.05) is 25.9 Å². The quantitative estimate of drug-likeness (QED) is 0.431. The van der Waals surface area contributed by atoms with E-state index in [1.54, 1.807) is 7.05 Å². The van der Waals surface area contributed by atoms with Crippen LogP contribution in [-0.2, 0) is 16.7 Å². The van der Waals surface area contributed by atoms with E-state index in [1.807, 2.05) is 20.8 Å². The third-order valence-corrected chi connectivity index (χ3v) is 3.56. The predicted molar refractivity (Wildman–Crippen MR) is 89.4 cm³/mol. The highest BCUT2D eigenvalue weighted by Gasteiger charge is 2.22. The Labute approximate surface area is 138 Å². The summed E-state index contributed by atoms with van der Waals surface area (Å²) in [6, 6.07) is 0. The van der Waals surface area contributed by atoms with Gasteiger partial charge in [-0.2, -0.15) is 4.98 Å². The number of hydrogen-bond donors (Lipinski definition) is 2. The number of nitrogens with one attached hydrogen (secondary N) is 2. The molecule has 1 aromatic heterocycles. The van der Waals surface area contributed by atoms with Gasteiger partial charge < -0.3 is 19.9 Å². The standard InChI is InChI=1S/C16H29N5O2/c1-16(2,3)14-20-13(21-23-14)10-19-15(17-4)18-8-5-9-22-11-12-6-7-12/h12H,5-11H2,1-4H3,(H2,17,18,19). The smallest absolute Gasteiger partial charge is 0.232 e. The topological polar surface area (TPSA) is 84.6 Å². The molecule has 0 radical (unpaired) electrons. The molecule has 0 bridgehead atoms. The van der Waals surface area contributed by atoms with Gasteiger partial charge in [0.15, 0.2) is 11.8 Å². The fraction of sp³-hybridized carbons (Fsp3) is 0.812. The molecule has 0 atom stereocenters. The molecule has 0 aliphatic heterocycles. The highest BCUT2D eigenvalue weighted by molar-refractivity contribution is 5.79. The molecule has 2 N–H and O–H groups in total. The maximum absolute atomic E-state index is 5.60. The minimum Gasteiger partial charge on any atom is -0.381 e. The molecule has 0 unspecified atom stereocenters. The van der Waals surface area contributed by atoms with Crippen molar-refractivity contribution in [1.29, 1.82) is 0 Å². The lowest BCUT2D eigenvalue weighted by atomic mass is 9.97. The maximum Gasteiger partial charge on any atom is 0.232 e. The van der Waals surface area contributed by atoms with Crippen molar-refractivity contribution < 1.29 is 9.26 Å². The first kappa shape index (κ1) is 17.7. The Hall–Kier alpha value is -1.63. The van der Waals surface area contributed by atoms with Gasteiger partial charge >= 0.3 is 0 Å². The van der Waals surface area contributed by atoms with Gasteiger partial charge in [-0.3, -0.25) is 4.99 Å². The van der Waals surface area contributed by atoms with Gasteiger partial charge in [0.2, 0.25) is 5.89 Å². The molecule has 23 heavy (non-hydrogen) atoms. The fourth-order valence-electron chi connectivity index (χ4n) is 1.93. The van der Waals surface area contributed by atoms with Crippen LogP contribution in [0.4, 0.5) is 0 Å². The van der Waals surface area contributed by atoms with E-state index in [0.717, 1.165) is 38.1 Å². The molecule has 1 aliphatic carbocycles. The van der Waals surface area contributed by atoms with E-state index >= 15 is 0 Å². The van der Waals surface area contributed by atoms with Gasteiger partial charge in [-0.25, -0.2) is 0 Å². The SMILES string of the molecule is CN=C(NCCCOCC1CC1)NCc1noc(C(C)(C)C)n1. The Morgan fingerprint density at radius 2 is 2.13 bits per heavy atom. The summed E-state index contributed by atoms with van der Waals surface area (Å²) < 4.78 is 10.9. The van der Waals surface area contributed by atoms with Crippen LogP contribution in [-0.4, -0.2) is 42.9 Å². The minimum atomic E-state index is -0.133.